The monoisotopic (exact) mass is 330 g/mol. The molecular formula is C15H13Cl3O2. The van der Waals surface area contributed by atoms with E-state index in [0.29, 0.717) is 28.3 Å². The van der Waals surface area contributed by atoms with Crippen molar-refractivity contribution in [3.05, 3.63) is 57.6 Å². The Balaban J connectivity index is 2.15. The topological polar surface area (TPSA) is 18.5 Å². The van der Waals surface area contributed by atoms with E-state index in [0.717, 1.165) is 16.9 Å². The van der Waals surface area contributed by atoms with E-state index >= 15 is 0 Å². The number of alkyl halides is 1. The van der Waals surface area contributed by atoms with Crippen LogP contribution in [0, 0.1) is 0 Å². The zero-order valence-electron chi connectivity index (χ0n) is 10.8. The molecule has 0 aliphatic rings. The number of halogens is 3. The lowest BCUT2D eigenvalue weighted by molar-refractivity contribution is 0.301. The van der Waals surface area contributed by atoms with E-state index in [1.165, 1.54) is 0 Å². The van der Waals surface area contributed by atoms with Gasteiger partial charge >= 0.3 is 0 Å². The molecule has 0 aromatic heterocycles. The number of ether oxygens (including phenoxy) is 2. The van der Waals surface area contributed by atoms with Crippen molar-refractivity contribution in [2.24, 2.45) is 0 Å². The predicted octanol–water partition coefficient (Wildman–Crippen LogP) is 5.32. The molecule has 2 nitrogen and oxygen atoms in total. The third-order valence-corrected chi connectivity index (χ3v) is 3.82. The van der Waals surface area contributed by atoms with Gasteiger partial charge in [0.1, 0.15) is 18.1 Å². The average Bonchev–Trinajstić information content (AvgIpc) is 2.48. The summed E-state index contributed by atoms with van der Waals surface area (Å²) in [6, 6.07) is 10.9. The second kappa shape index (κ2) is 7.07. The number of rotatable bonds is 5. The first kappa shape index (κ1) is 15.3. The van der Waals surface area contributed by atoms with Crippen LogP contribution in [0.2, 0.25) is 10.0 Å². The van der Waals surface area contributed by atoms with Gasteiger partial charge in [-0.2, -0.15) is 0 Å². The van der Waals surface area contributed by atoms with E-state index in [1.54, 1.807) is 19.2 Å². The largest absolute Gasteiger partial charge is 0.497 e. The first-order chi connectivity index (χ1) is 9.63. The van der Waals surface area contributed by atoms with Gasteiger partial charge in [-0.1, -0.05) is 35.3 Å². The van der Waals surface area contributed by atoms with Crippen LogP contribution in [0.1, 0.15) is 11.1 Å². The second-order valence-corrected chi connectivity index (χ2v) is 5.23. The number of methoxy groups -OCH3 is 1. The minimum Gasteiger partial charge on any atom is -0.497 e. The van der Waals surface area contributed by atoms with Gasteiger partial charge in [0, 0.05) is 11.6 Å². The lowest BCUT2D eigenvalue weighted by Gasteiger charge is -2.12. The first-order valence-electron chi connectivity index (χ1n) is 5.93. The standard InChI is InChI=1S/C15H13Cl3O2/c1-19-12-4-3-11(8-16)15(7-12)20-9-10-2-5-13(17)14(18)6-10/h2-7H,8-9H2,1H3. The van der Waals surface area contributed by atoms with Crippen molar-refractivity contribution in [2.75, 3.05) is 7.11 Å². The van der Waals surface area contributed by atoms with Crippen molar-refractivity contribution in [1.82, 2.24) is 0 Å². The lowest BCUT2D eigenvalue weighted by Crippen LogP contribution is -1.98. The molecule has 5 heteroatoms. The molecule has 0 unspecified atom stereocenters. The van der Waals surface area contributed by atoms with E-state index in [4.69, 9.17) is 44.3 Å². The van der Waals surface area contributed by atoms with Crippen molar-refractivity contribution in [1.29, 1.82) is 0 Å². The highest BCUT2D eigenvalue weighted by molar-refractivity contribution is 6.42. The fourth-order valence-electron chi connectivity index (χ4n) is 1.70. The van der Waals surface area contributed by atoms with E-state index < -0.39 is 0 Å². The molecule has 106 valence electrons. The Morgan fingerprint density at radius 2 is 1.80 bits per heavy atom. The summed E-state index contributed by atoms with van der Waals surface area (Å²) in [6.45, 7) is 0.383. The van der Waals surface area contributed by atoms with Crippen molar-refractivity contribution in [3.63, 3.8) is 0 Å². The van der Waals surface area contributed by atoms with Gasteiger partial charge < -0.3 is 9.47 Å². The molecule has 0 saturated carbocycles. The summed E-state index contributed by atoms with van der Waals surface area (Å²) in [5, 5.41) is 1.04. The zero-order chi connectivity index (χ0) is 14.5. The minimum atomic E-state index is 0.376. The van der Waals surface area contributed by atoms with Crippen molar-refractivity contribution >= 4 is 34.8 Å². The van der Waals surface area contributed by atoms with Gasteiger partial charge in [0.15, 0.2) is 0 Å². The first-order valence-corrected chi connectivity index (χ1v) is 7.22. The summed E-state index contributed by atoms with van der Waals surface area (Å²) in [6.07, 6.45) is 0. The van der Waals surface area contributed by atoms with E-state index in [-0.39, 0.29) is 0 Å². The Bertz CT molecular complexity index is 600. The molecule has 0 saturated heterocycles. The van der Waals surface area contributed by atoms with Gasteiger partial charge in [0.05, 0.1) is 23.0 Å². The minimum absolute atomic E-state index is 0.376. The van der Waals surface area contributed by atoms with Gasteiger partial charge in [-0.05, 0) is 23.8 Å². The fourth-order valence-corrected chi connectivity index (χ4v) is 2.24. The summed E-state index contributed by atoms with van der Waals surface area (Å²) in [4.78, 5) is 0. The Kier molecular flexibility index (Phi) is 5.41. The highest BCUT2D eigenvalue weighted by Crippen LogP contribution is 2.28. The molecule has 2 aromatic carbocycles. The summed E-state index contributed by atoms with van der Waals surface area (Å²) in [7, 11) is 1.61. The van der Waals surface area contributed by atoms with Crippen LogP contribution in [0.3, 0.4) is 0 Å². The Hall–Kier alpha value is -1.09. The molecule has 0 aliphatic carbocycles. The van der Waals surface area contributed by atoms with Crippen LogP contribution in [-0.4, -0.2) is 7.11 Å². The van der Waals surface area contributed by atoms with Crippen LogP contribution in [0.15, 0.2) is 36.4 Å². The normalized spacial score (nSPS) is 10.4. The maximum Gasteiger partial charge on any atom is 0.127 e. The second-order valence-electron chi connectivity index (χ2n) is 4.14. The van der Waals surface area contributed by atoms with Crippen molar-refractivity contribution < 1.29 is 9.47 Å². The molecule has 0 heterocycles. The molecule has 0 spiro atoms. The third-order valence-electron chi connectivity index (χ3n) is 2.80. The third kappa shape index (κ3) is 3.72. The maximum atomic E-state index is 5.97. The van der Waals surface area contributed by atoms with Crippen LogP contribution >= 0.6 is 34.8 Å². The highest BCUT2D eigenvalue weighted by atomic mass is 35.5. The van der Waals surface area contributed by atoms with Crippen LogP contribution < -0.4 is 9.47 Å². The predicted molar refractivity (Wildman–Crippen MR) is 83.3 cm³/mol. The average molecular weight is 332 g/mol. The van der Waals surface area contributed by atoms with Gasteiger partial charge in [0.25, 0.3) is 0 Å². The molecule has 0 radical (unpaired) electrons. The Morgan fingerprint density at radius 3 is 2.45 bits per heavy atom. The Morgan fingerprint density at radius 1 is 1.00 bits per heavy atom. The smallest absolute Gasteiger partial charge is 0.127 e. The van der Waals surface area contributed by atoms with Gasteiger partial charge in [-0.25, -0.2) is 0 Å². The quantitative estimate of drug-likeness (QED) is 0.690. The van der Waals surface area contributed by atoms with Crippen molar-refractivity contribution in [2.45, 2.75) is 12.5 Å². The van der Waals surface area contributed by atoms with Gasteiger partial charge in [-0.15, -0.1) is 11.6 Å². The summed E-state index contributed by atoms with van der Waals surface area (Å²) in [5.74, 6) is 1.80. The highest BCUT2D eigenvalue weighted by Gasteiger charge is 2.06. The SMILES string of the molecule is COc1ccc(CCl)c(OCc2ccc(Cl)c(Cl)c2)c1. The maximum absolute atomic E-state index is 5.97. The molecule has 0 fully saturated rings. The Labute approximate surface area is 133 Å². The molecule has 2 rings (SSSR count). The number of hydrogen-bond donors (Lipinski definition) is 0. The molecule has 0 bridgehead atoms. The fraction of sp³-hybridized carbons (Fsp3) is 0.200. The summed E-state index contributed by atoms with van der Waals surface area (Å²) >= 11 is 17.7. The molecule has 0 amide bonds. The van der Waals surface area contributed by atoms with Crippen LogP contribution in [0.25, 0.3) is 0 Å². The van der Waals surface area contributed by atoms with Gasteiger partial charge in [-0.3, -0.25) is 0 Å². The molecule has 2 aromatic rings. The van der Waals surface area contributed by atoms with Crippen LogP contribution in [0.4, 0.5) is 0 Å². The lowest BCUT2D eigenvalue weighted by atomic mass is 10.2. The summed E-state index contributed by atoms with van der Waals surface area (Å²) < 4.78 is 11.0. The van der Waals surface area contributed by atoms with E-state index in [9.17, 15) is 0 Å². The molecular weight excluding hydrogens is 319 g/mol. The molecule has 0 N–H and O–H groups in total. The van der Waals surface area contributed by atoms with Crippen LogP contribution in [-0.2, 0) is 12.5 Å². The number of benzene rings is 2. The number of hydrogen-bond acceptors (Lipinski definition) is 2. The summed E-state index contributed by atoms with van der Waals surface area (Å²) in [5.41, 5.74) is 1.84. The zero-order valence-corrected chi connectivity index (χ0v) is 13.1. The van der Waals surface area contributed by atoms with Crippen LogP contribution in [0.5, 0.6) is 11.5 Å². The molecule has 0 aliphatic heterocycles. The van der Waals surface area contributed by atoms with Gasteiger partial charge in [0.2, 0.25) is 0 Å². The molecule has 0 atom stereocenters. The van der Waals surface area contributed by atoms with E-state index in [1.807, 2.05) is 24.3 Å². The molecule has 20 heavy (non-hydrogen) atoms. The van der Waals surface area contributed by atoms with E-state index in [2.05, 4.69) is 0 Å². The van der Waals surface area contributed by atoms with Crippen molar-refractivity contribution in [3.8, 4) is 11.5 Å².